The predicted molar refractivity (Wildman–Crippen MR) is 80.7 cm³/mol. The number of nitrogens with two attached hydrogens (primary N) is 1. The zero-order chi connectivity index (χ0) is 14.0. The van der Waals surface area contributed by atoms with E-state index in [0.717, 1.165) is 17.9 Å². The molecule has 1 aliphatic rings. The van der Waals surface area contributed by atoms with E-state index < -0.39 is 0 Å². The Kier molecular flexibility index (Phi) is 4.35. The SMILES string of the molecule is CC1CC(C)C(Oc2cccc(N(C)C)c2)C(N)C1. The highest BCUT2D eigenvalue weighted by atomic mass is 16.5. The zero-order valence-electron chi connectivity index (χ0n) is 12.5. The van der Waals surface area contributed by atoms with E-state index in [0.29, 0.717) is 11.8 Å². The lowest BCUT2D eigenvalue weighted by Gasteiger charge is -2.37. The second kappa shape index (κ2) is 5.83. The highest BCUT2D eigenvalue weighted by Crippen LogP contribution is 2.31. The first kappa shape index (κ1) is 14.2. The van der Waals surface area contributed by atoms with Gasteiger partial charge in [-0.25, -0.2) is 0 Å². The van der Waals surface area contributed by atoms with Gasteiger partial charge >= 0.3 is 0 Å². The number of anilines is 1. The third-order valence-electron chi connectivity index (χ3n) is 4.04. The topological polar surface area (TPSA) is 38.5 Å². The van der Waals surface area contributed by atoms with E-state index in [2.05, 4.69) is 30.9 Å². The van der Waals surface area contributed by atoms with E-state index in [9.17, 15) is 0 Å². The molecule has 3 heteroatoms. The van der Waals surface area contributed by atoms with Crippen molar-refractivity contribution in [3.05, 3.63) is 24.3 Å². The van der Waals surface area contributed by atoms with Gasteiger partial charge < -0.3 is 15.4 Å². The van der Waals surface area contributed by atoms with Crippen LogP contribution in [-0.4, -0.2) is 26.2 Å². The fourth-order valence-electron chi connectivity index (χ4n) is 3.08. The molecule has 1 saturated carbocycles. The Bertz CT molecular complexity index is 407. The molecule has 1 aliphatic carbocycles. The van der Waals surface area contributed by atoms with Gasteiger partial charge in [0.25, 0.3) is 0 Å². The average molecular weight is 262 g/mol. The lowest BCUT2D eigenvalue weighted by molar-refractivity contribution is 0.0626. The minimum atomic E-state index is 0.133. The van der Waals surface area contributed by atoms with Gasteiger partial charge in [-0.3, -0.25) is 0 Å². The van der Waals surface area contributed by atoms with Gasteiger partial charge in [-0.05, 0) is 36.8 Å². The lowest BCUT2D eigenvalue weighted by Crippen LogP contribution is -2.48. The minimum Gasteiger partial charge on any atom is -0.488 e. The molecule has 106 valence electrons. The minimum absolute atomic E-state index is 0.133. The summed E-state index contributed by atoms with van der Waals surface area (Å²) in [7, 11) is 4.07. The first-order chi connectivity index (χ1) is 8.97. The molecule has 1 aromatic rings. The summed E-state index contributed by atoms with van der Waals surface area (Å²) in [5, 5.41) is 0. The number of nitrogens with zero attached hydrogens (tertiary/aromatic N) is 1. The smallest absolute Gasteiger partial charge is 0.121 e. The van der Waals surface area contributed by atoms with Crippen LogP contribution in [0.4, 0.5) is 5.69 Å². The van der Waals surface area contributed by atoms with Gasteiger partial charge in [-0.1, -0.05) is 19.9 Å². The largest absolute Gasteiger partial charge is 0.488 e. The number of hydrogen-bond donors (Lipinski definition) is 1. The highest BCUT2D eigenvalue weighted by Gasteiger charge is 2.33. The summed E-state index contributed by atoms with van der Waals surface area (Å²) < 4.78 is 6.17. The van der Waals surface area contributed by atoms with Gasteiger partial charge in [-0.2, -0.15) is 0 Å². The van der Waals surface area contributed by atoms with Gasteiger partial charge in [0.2, 0.25) is 0 Å². The predicted octanol–water partition coefficient (Wildman–Crippen LogP) is 2.89. The van der Waals surface area contributed by atoms with Crippen LogP contribution in [0.2, 0.25) is 0 Å². The molecule has 0 aliphatic heterocycles. The van der Waals surface area contributed by atoms with Crippen LogP contribution in [0.15, 0.2) is 24.3 Å². The van der Waals surface area contributed by atoms with Crippen LogP contribution in [-0.2, 0) is 0 Å². The molecular weight excluding hydrogens is 236 g/mol. The molecule has 2 rings (SSSR count). The van der Waals surface area contributed by atoms with E-state index in [4.69, 9.17) is 10.5 Å². The Morgan fingerprint density at radius 2 is 1.95 bits per heavy atom. The second-order valence-corrected chi connectivity index (χ2v) is 6.19. The zero-order valence-corrected chi connectivity index (χ0v) is 12.5. The van der Waals surface area contributed by atoms with Crippen molar-refractivity contribution in [3.8, 4) is 5.75 Å². The molecule has 0 spiro atoms. The van der Waals surface area contributed by atoms with Gasteiger partial charge in [0.1, 0.15) is 11.9 Å². The molecule has 1 aromatic carbocycles. The number of benzene rings is 1. The quantitative estimate of drug-likeness (QED) is 0.910. The Morgan fingerprint density at radius 1 is 1.21 bits per heavy atom. The normalized spacial score (nSPS) is 31.0. The van der Waals surface area contributed by atoms with Crippen LogP contribution in [0.3, 0.4) is 0 Å². The van der Waals surface area contributed by atoms with Crippen LogP contribution in [0.1, 0.15) is 26.7 Å². The summed E-state index contributed by atoms with van der Waals surface area (Å²) in [6, 6.07) is 8.36. The van der Waals surface area contributed by atoms with Crippen molar-refractivity contribution in [1.29, 1.82) is 0 Å². The first-order valence-corrected chi connectivity index (χ1v) is 7.17. The Balaban J connectivity index is 2.09. The Morgan fingerprint density at radius 3 is 2.58 bits per heavy atom. The van der Waals surface area contributed by atoms with E-state index in [1.54, 1.807) is 0 Å². The van der Waals surface area contributed by atoms with Crippen molar-refractivity contribution in [3.63, 3.8) is 0 Å². The summed E-state index contributed by atoms with van der Waals surface area (Å²) in [6.07, 6.45) is 2.39. The third kappa shape index (κ3) is 3.41. The fourth-order valence-corrected chi connectivity index (χ4v) is 3.08. The van der Waals surface area contributed by atoms with E-state index in [1.165, 1.54) is 6.42 Å². The van der Waals surface area contributed by atoms with E-state index in [1.807, 2.05) is 26.2 Å². The Hall–Kier alpha value is -1.22. The maximum atomic E-state index is 6.27. The van der Waals surface area contributed by atoms with E-state index in [-0.39, 0.29) is 12.1 Å². The summed E-state index contributed by atoms with van der Waals surface area (Å²) in [5.74, 6) is 2.15. The number of rotatable bonds is 3. The van der Waals surface area contributed by atoms with Crippen molar-refractivity contribution < 1.29 is 4.74 Å². The van der Waals surface area contributed by atoms with E-state index >= 15 is 0 Å². The standard InChI is InChI=1S/C16H26N2O/c1-11-8-12(2)16(15(17)9-11)19-14-7-5-6-13(10-14)18(3)4/h5-7,10-12,15-16H,8-9,17H2,1-4H3. The molecule has 2 N–H and O–H groups in total. The molecule has 0 heterocycles. The monoisotopic (exact) mass is 262 g/mol. The summed E-state index contributed by atoms with van der Waals surface area (Å²) in [5.41, 5.74) is 7.43. The van der Waals surface area contributed by atoms with Gasteiger partial charge in [0, 0.05) is 31.9 Å². The third-order valence-corrected chi connectivity index (χ3v) is 4.04. The van der Waals surface area contributed by atoms with Crippen molar-refractivity contribution >= 4 is 5.69 Å². The number of hydrogen-bond acceptors (Lipinski definition) is 3. The fraction of sp³-hybridized carbons (Fsp3) is 0.625. The molecule has 4 unspecified atom stereocenters. The molecule has 4 atom stereocenters. The second-order valence-electron chi connectivity index (χ2n) is 6.19. The highest BCUT2D eigenvalue weighted by molar-refractivity contribution is 5.49. The van der Waals surface area contributed by atoms with Crippen LogP contribution >= 0.6 is 0 Å². The molecule has 0 radical (unpaired) electrons. The average Bonchev–Trinajstić information content (AvgIpc) is 2.34. The van der Waals surface area contributed by atoms with Gasteiger partial charge in [0.05, 0.1) is 0 Å². The lowest BCUT2D eigenvalue weighted by atomic mass is 9.78. The first-order valence-electron chi connectivity index (χ1n) is 7.17. The molecule has 1 fully saturated rings. The van der Waals surface area contributed by atoms with Crippen molar-refractivity contribution in [1.82, 2.24) is 0 Å². The summed E-state index contributed by atoms with van der Waals surface area (Å²) in [4.78, 5) is 2.08. The van der Waals surface area contributed by atoms with Crippen LogP contribution < -0.4 is 15.4 Å². The molecule has 0 bridgehead atoms. The van der Waals surface area contributed by atoms with Crippen LogP contribution in [0.25, 0.3) is 0 Å². The molecule has 19 heavy (non-hydrogen) atoms. The maximum Gasteiger partial charge on any atom is 0.121 e. The maximum absolute atomic E-state index is 6.27. The molecule has 3 nitrogen and oxygen atoms in total. The Labute approximate surface area is 116 Å². The molecular formula is C16H26N2O. The molecule has 0 amide bonds. The molecule has 0 aromatic heterocycles. The van der Waals surface area contributed by atoms with Gasteiger partial charge in [-0.15, -0.1) is 0 Å². The van der Waals surface area contributed by atoms with Crippen LogP contribution in [0, 0.1) is 11.8 Å². The summed E-state index contributed by atoms with van der Waals surface area (Å²) >= 11 is 0. The van der Waals surface area contributed by atoms with Gasteiger partial charge in [0.15, 0.2) is 0 Å². The molecule has 0 saturated heterocycles. The number of ether oxygens (including phenoxy) is 1. The van der Waals surface area contributed by atoms with Crippen LogP contribution in [0.5, 0.6) is 5.75 Å². The summed E-state index contributed by atoms with van der Waals surface area (Å²) in [6.45, 7) is 4.52. The van der Waals surface area contributed by atoms with Crippen molar-refractivity contribution in [2.24, 2.45) is 17.6 Å². The van der Waals surface area contributed by atoms with Crippen molar-refractivity contribution in [2.45, 2.75) is 38.8 Å². The van der Waals surface area contributed by atoms with Crippen molar-refractivity contribution in [2.75, 3.05) is 19.0 Å².